The van der Waals surface area contributed by atoms with E-state index in [0.717, 1.165) is 61.0 Å². The second-order valence-electron chi connectivity index (χ2n) is 13.0. The number of hydrogen-bond acceptors (Lipinski definition) is 6. The summed E-state index contributed by atoms with van der Waals surface area (Å²) < 4.78 is 39.0. The van der Waals surface area contributed by atoms with Gasteiger partial charge in [0.15, 0.2) is 0 Å². The monoisotopic (exact) mass is 621 g/mol. The molecule has 2 aromatic carbocycles. The van der Waals surface area contributed by atoms with Gasteiger partial charge in [-0.2, -0.15) is 12.7 Å². The van der Waals surface area contributed by atoms with E-state index < -0.39 is 16.1 Å². The van der Waals surface area contributed by atoms with Crippen LogP contribution in [0.15, 0.2) is 36.4 Å². The second kappa shape index (κ2) is 12.8. The zero-order chi connectivity index (χ0) is 31.0. The van der Waals surface area contributed by atoms with Gasteiger partial charge in [0.1, 0.15) is 12.4 Å². The van der Waals surface area contributed by atoms with Crippen molar-refractivity contribution in [2.24, 2.45) is 0 Å². The molecule has 0 saturated heterocycles. The molecule has 9 nitrogen and oxygen atoms in total. The summed E-state index contributed by atoms with van der Waals surface area (Å²) in [4.78, 5) is 18.0. The Bertz CT molecular complexity index is 1630. The third-order valence-electron chi connectivity index (χ3n) is 9.95. The minimum Gasteiger partial charge on any atom is -0.491 e. The van der Waals surface area contributed by atoms with Crippen molar-refractivity contribution in [2.45, 2.75) is 70.4 Å². The van der Waals surface area contributed by atoms with Gasteiger partial charge < -0.3 is 14.2 Å². The van der Waals surface area contributed by atoms with Crippen LogP contribution in [0.2, 0.25) is 0 Å². The first-order valence-corrected chi connectivity index (χ1v) is 17.7. The van der Waals surface area contributed by atoms with Crippen LogP contribution in [0, 0.1) is 0 Å². The minimum absolute atomic E-state index is 0.105. The van der Waals surface area contributed by atoms with E-state index in [-0.39, 0.29) is 12.6 Å². The lowest BCUT2D eigenvalue weighted by Gasteiger charge is -2.34. The fourth-order valence-corrected chi connectivity index (χ4v) is 8.06. The number of ether oxygens (including phenoxy) is 1. The fraction of sp³-hybridized carbons (Fsp3) is 0.559. The summed E-state index contributed by atoms with van der Waals surface area (Å²) in [6.45, 7) is 5.91. The van der Waals surface area contributed by atoms with Gasteiger partial charge in [0.25, 0.3) is 5.91 Å². The Kier molecular flexibility index (Phi) is 9.06. The first kappa shape index (κ1) is 31.1. The molecule has 1 N–H and O–H groups in total. The summed E-state index contributed by atoms with van der Waals surface area (Å²) in [7, 11) is 1.69. The Hall–Kier alpha value is -2.92. The molecule has 44 heavy (non-hydrogen) atoms. The van der Waals surface area contributed by atoms with Gasteiger partial charge in [0.05, 0.1) is 11.7 Å². The minimum atomic E-state index is -3.99. The Morgan fingerprint density at radius 3 is 2.52 bits per heavy atom. The highest BCUT2D eigenvalue weighted by Gasteiger charge is 2.33. The summed E-state index contributed by atoms with van der Waals surface area (Å²) in [5.74, 6) is 0.784. The van der Waals surface area contributed by atoms with E-state index in [1.54, 1.807) is 6.07 Å². The Balaban J connectivity index is 1.60. The number of rotatable bonds is 3. The maximum absolute atomic E-state index is 13.5. The molecule has 4 bridgehead atoms. The van der Waals surface area contributed by atoms with Gasteiger partial charge in [-0.1, -0.05) is 50.8 Å². The molecule has 3 aromatic rings. The molecule has 3 aliphatic rings. The average molecular weight is 622 g/mol. The van der Waals surface area contributed by atoms with Crippen LogP contribution in [-0.2, 0) is 23.2 Å². The third kappa shape index (κ3) is 6.01. The smallest absolute Gasteiger partial charge is 0.303 e. The van der Waals surface area contributed by atoms with Crippen molar-refractivity contribution in [3.63, 3.8) is 0 Å². The van der Waals surface area contributed by atoms with E-state index in [0.29, 0.717) is 31.2 Å². The lowest BCUT2D eigenvalue weighted by molar-refractivity contribution is 0.0979. The number of hydrogen-bond donors (Lipinski definition) is 1. The predicted octanol–water partition coefficient (Wildman–Crippen LogP) is 4.85. The van der Waals surface area contributed by atoms with Gasteiger partial charge in [-0.15, -0.1) is 0 Å². The number of para-hydroxylation sites is 1. The number of likely N-dealkylation sites (N-methyl/N-ethyl adjacent to an activating group) is 3. The lowest BCUT2D eigenvalue weighted by atomic mass is 9.81. The van der Waals surface area contributed by atoms with Gasteiger partial charge >= 0.3 is 10.2 Å². The number of nitrogens with one attached hydrogen (secondary N) is 1. The lowest BCUT2D eigenvalue weighted by Crippen LogP contribution is -2.46. The Morgan fingerprint density at radius 1 is 0.977 bits per heavy atom. The molecule has 0 spiro atoms. The standard InChI is InChI=1S/C34H47N5O4S/c1-5-10-25-13-9-14-29-32-31(24-11-7-6-8-12-24)28-16-15-26-21-30(28)39(32)22-27(23-43-33(25)29)37(3)19-17-36(2)18-20-38(4)44(41,42)35-34(26)40/h9,13-16,21,24,27H,5-8,10-12,17-20,22-23H2,1-4H3,(H,35,40). The zero-order valence-corrected chi connectivity index (χ0v) is 27.5. The number of aryl methyl sites for hydroxylation is 1. The normalized spacial score (nSPS) is 22.8. The molecular formula is C34H47N5O4S. The molecule has 1 aliphatic carbocycles. The average Bonchev–Trinajstić information content (AvgIpc) is 3.32. The van der Waals surface area contributed by atoms with Crippen LogP contribution in [0.3, 0.4) is 0 Å². The summed E-state index contributed by atoms with van der Waals surface area (Å²) in [6, 6.07) is 12.4. The summed E-state index contributed by atoms with van der Waals surface area (Å²) in [5.41, 5.74) is 6.22. The summed E-state index contributed by atoms with van der Waals surface area (Å²) >= 11 is 0. The van der Waals surface area contributed by atoms with E-state index in [1.165, 1.54) is 47.4 Å². The highest BCUT2D eigenvalue weighted by Crippen LogP contribution is 2.48. The molecule has 238 valence electrons. The number of nitrogens with zero attached hydrogens (tertiary/aromatic N) is 4. The van der Waals surface area contributed by atoms with Crippen molar-refractivity contribution in [1.82, 2.24) is 23.4 Å². The predicted molar refractivity (Wildman–Crippen MR) is 176 cm³/mol. The molecular weight excluding hydrogens is 574 g/mol. The van der Waals surface area contributed by atoms with Crippen molar-refractivity contribution in [2.75, 3.05) is 53.9 Å². The molecule has 1 fully saturated rings. The van der Waals surface area contributed by atoms with Gasteiger partial charge in [-0.25, -0.2) is 4.72 Å². The Labute approximate surface area is 262 Å². The zero-order valence-electron chi connectivity index (χ0n) is 26.6. The first-order valence-electron chi connectivity index (χ1n) is 16.3. The van der Waals surface area contributed by atoms with Crippen molar-refractivity contribution >= 4 is 27.0 Å². The fourth-order valence-electron chi connectivity index (χ4n) is 7.23. The highest BCUT2D eigenvalue weighted by molar-refractivity contribution is 7.87. The molecule has 1 unspecified atom stereocenters. The molecule has 2 aliphatic heterocycles. The molecule has 1 aromatic heterocycles. The van der Waals surface area contributed by atoms with Gasteiger partial charge in [-0.05, 0) is 68.6 Å². The van der Waals surface area contributed by atoms with Crippen LogP contribution in [0.25, 0.3) is 22.2 Å². The van der Waals surface area contributed by atoms with E-state index >= 15 is 0 Å². The van der Waals surface area contributed by atoms with E-state index in [2.05, 4.69) is 57.3 Å². The maximum Gasteiger partial charge on any atom is 0.303 e. The van der Waals surface area contributed by atoms with Crippen molar-refractivity contribution in [3.8, 4) is 17.0 Å². The first-order chi connectivity index (χ1) is 21.2. The number of aromatic nitrogens is 1. The molecule has 1 atom stereocenters. The van der Waals surface area contributed by atoms with Gasteiger partial charge in [0, 0.05) is 61.8 Å². The molecule has 1 amide bonds. The van der Waals surface area contributed by atoms with Crippen LogP contribution in [0.4, 0.5) is 0 Å². The number of benzene rings is 2. The van der Waals surface area contributed by atoms with E-state index in [1.807, 2.05) is 13.1 Å². The SMILES string of the molecule is CCCc1cccc2c1OCC1Cn3c-2c(C2CCCCC2)c2ccc(cc23)C(=O)NS(=O)(=O)N(C)CCN(C)CCN1C. The topological polar surface area (TPSA) is 87.1 Å². The second-order valence-corrected chi connectivity index (χ2v) is 14.8. The van der Waals surface area contributed by atoms with Crippen molar-refractivity contribution in [3.05, 3.63) is 53.1 Å². The van der Waals surface area contributed by atoms with E-state index in [4.69, 9.17) is 4.74 Å². The molecule has 1 saturated carbocycles. The summed E-state index contributed by atoms with van der Waals surface area (Å²) in [5, 5.41) is 1.15. The number of fused-ring (bicyclic) bond motifs is 4. The van der Waals surface area contributed by atoms with Crippen LogP contribution in [0.1, 0.15) is 72.9 Å². The molecule has 0 radical (unpaired) electrons. The molecule has 3 heterocycles. The Morgan fingerprint density at radius 2 is 1.75 bits per heavy atom. The van der Waals surface area contributed by atoms with Gasteiger partial charge in [-0.3, -0.25) is 9.69 Å². The number of carbonyl (C=O) groups excluding carboxylic acids is 1. The highest BCUT2D eigenvalue weighted by atomic mass is 32.2. The van der Waals surface area contributed by atoms with Crippen LogP contribution in [0.5, 0.6) is 5.75 Å². The molecule has 10 heteroatoms. The maximum atomic E-state index is 13.5. The van der Waals surface area contributed by atoms with E-state index in [9.17, 15) is 13.2 Å². The van der Waals surface area contributed by atoms with Crippen molar-refractivity contribution in [1.29, 1.82) is 0 Å². The van der Waals surface area contributed by atoms with Crippen molar-refractivity contribution < 1.29 is 17.9 Å². The summed E-state index contributed by atoms with van der Waals surface area (Å²) in [6.07, 6.45) is 7.94. The molecule has 6 rings (SSSR count). The largest absolute Gasteiger partial charge is 0.491 e. The quantitative estimate of drug-likeness (QED) is 0.450. The third-order valence-corrected chi connectivity index (χ3v) is 11.4. The number of amides is 1. The van der Waals surface area contributed by atoms with Crippen LogP contribution < -0.4 is 9.46 Å². The van der Waals surface area contributed by atoms with Gasteiger partial charge in [0.2, 0.25) is 0 Å². The van der Waals surface area contributed by atoms with Crippen LogP contribution in [-0.4, -0.2) is 93.0 Å². The van der Waals surface area contributed by atoms with Crippen LogP contribution >= 0.6 is 0 Å². The number of carbonyl (C=O) groups is 1.